The molecule has 100 valence electrons. The molecule has 1 atom stereocenters. The highest BCUT2D eigenvalue weighted by atomic mass is 79.9. The maximum absolute atomic E-state index is 5.39. The van der Waals surface area contributed by atoms with Gasteiger partial charge in [0, 0.05) is 26.3 Å². The summed E-state index contributed by atoms with van der Waals surface area (Å²) in [6.07, 6.45) is 3.78. The molecule has 0 saturated carbocycles. The molecule has 2 heterocycles. The van der Waals surface area contributed by atoms with E-state index in [1.54, 1.807) is 6.33 Å². The average molecular weight is 315 g/mol. The monoisotopic (exact) mass is 314 g/mol. The molecule has 1 saturated heterocycles. The van der Waals surface area contributed by atoms with Crippen LogP contribution in [0.1, 0.15) is 19.8 Å². The van der Waals surface area contributed by atoms with Crippen LogP contribution in [-0.2, 0) is 4.74 Å². The van der Waals surface area contributed by atoms with E-state index in [1.807, 2.05) is 7.05 Å². The minimum Gasteiger partial charge on any atom is -0.381 e. The normalized spacial score (nSPS) is 18.4. The number of halogens is 1. The molecule has 0 aliphatic carbocycles. The summed E-state index contributed by atoms with van der Waals surface area (Å²) in [6.45, 7) is 3.93. The van der Waals surface area contributed by atoms with Crippen LogP contribution in [0.3, 0.4) is 0 Å². The molecule has 1 aromatic rings. The van der Waals surface area contributed by atoms with Gasteiger partial charge in [0.2, 0.25) is 0 Å². The molecule has 1 aliphatic heterocycles. The molecule has 1 aliphatic rings. The molecule has 0 amide bonds. The summed E-state index contributed by atoms with van der Waals surface area (Å²) in [6, 6.07) is 0.379. The van der Waals surface area contributed by atoms with Crippen LogP contribution in [0.5, 0.6) is 0 Å². The SMILES string of the molecule is CNc1ncnc(NC(C)C2CCOCC2)c1Br. The quantitative estimate of drug-likeness (QED) is 0.894. The Labute approximate surface area is 116 Å². The topological polar surface area (TPSA) is 59.1 Å². The predicted molar refractivity (Wildman–Crippen MR) is 75.9 cm³/mol. The Kier molecular flexibility index (Phi) is 4.77. The molecule has 1 fully saturated rings. The summed E-state index contributed by atoms with van der Waals surface area (Å²) in [5, 5.41) is 6.49. The van der Waals surface area contributed by atoms with Crippen LogP contribution in [0.4, 0.5) is 11.6 Å². The fraction of sp³-hybridized carbons (Fsp3) is 0.667. The second-order valence-electron chi connectivity index (χ2n) is 4.52. The van der Waals surface area contributed by atoms with Gasteiger partial charge in [-0.3, -0.25) is 0 Å². The molecule has 2 N–H and O–H groups in total. The zero-order chi connectivity index (χ0) is 13.0. The average Bonchev–Trinajstić information content (AvgIpc) is 2.42. The number of nitrogens with one attached hydrogen (secondary N) is 2. The van der Waals surface area contributed by atoms with E-state index < -0.39 is 0 Å². The molecule has 0 spiro atoms. The fourth-order valence-corrected chi connectivity index (χ4v) is 2.71. The van der Waals surface area contributed by atoms with Crippen molar-refractivity contribution in [2.24, 2.45) is 5.92 Å². The second-order valence-corrected chi connectivity index (χ2v) is 5.31. The van der Waals surface area contributed by atoms with Gasteiger partial charge in [0.1, 0.15) is 22.4 Å². The van der Waals surface area contributed by atoms with Crippen molar-refractivity contribution in [1.29, 1.82) is 0 Å². The van der Waals surface area contributed by atoms with Gasteiger partial charge >= 0.3 is 0 Å². The van der Waals surface area contributed by atoms with Gasteiger partial charge in [-0.15, -0.1) is 0 Å². The number of aromatic nitrogens is 2. The van der Waals surface area contributed by atoms with Crippen LogP contribution in [0.2, 0.25) is 0 Å². The number of nitrogens with zero attached hydrogens (tertiary/aromatic N) is 2. The predicted octanol–water partition coefficient (Wildman–Crippen LogP) is 2.51. The van der Waals surface area contributed by atoms with E-state index >= 15 is 0 Å². The first-order valence-corrected chi connectivity index (χ1v) is 7.04. The highest BCUT2D eigenvalue weighted by Gasteiger charge is 2.21. The molecular weight excluding hydrogens is 296 g/mol. The molecule has 6 heteroatoms. The van der Waals surface area contributed by atoms with Crippen molar-refractivity contribution in [3.8, 4) is 0 Å². The van der Waals surface area contributed by atoms with E-state index in [0.29, 0.717) is 12.0 Å². The van der Waals surface area contributed by atoms with Crippen molar-refractivity contribution in [3.05, 3.63) is 10.8 Å². The third-order valence-electron chi connectivity index (χ3n) is 3.36. The van der Waals surface area contributed by atoms with Crippen molar-refractivity contribution in [2.45, 2.75) is 25.8 Å². The lowest BCUT2D eigenvalue weighted by molar-refractivity contribution is 0.0622. The van der Waals surface area contributed by atoms with E-state index in [0.717, 1.165) is 42.2 Å². The Morgan fingerprint density at radius 3 is 2.67 bits per heavy atom. The third-order valence-corrected chi connectivity index (χ3v) is 4.11. The van der Waals surface area contributed by atoms with Crippen molar-refractivity contribution >= 4 is 27.6 Å². The van der Waals surface area contributed by atoms with Crippen LogP contribution >= 0.6 is 15.9 Å². The summed E-state index contributed by atoms with van der Waals surface area (Å²) >= 11 is 3.52. The molecule has 5 nitrogen and oxygen atoms in total. The maximum atomic E-state index is 5.39. The number of ether oxygens (including phenoxy) is 1. The lowest BCUT2D eigenvalue weighted by atomic mass is 9.93. The van der Waals surface area contributed by atoms with Crippen LogP contribution < -0.4 is 10.6 Å². The Morgan fingerprint density at radius 2 is 2.00 bits per heavy atom. The van der Waals surface area contributed by atoms with Crippen molar-refractivity contribution in [3.63, 3.8) is 0 Å². The minimum absolute atomic E-state index is 0.379. The zero-order valence-corrected chi connectivity index (χ0v) is 12.3. The van der Waals surface area contributed by atoms with Crippen molar-refractivity contribution in [2.75, 3.05) is 30.9 Å². The molecule has 0 aromatic carbocycles. The van der Waals surface area contributed by atoms with Gasteiger partial charge in [-0.05, 0) is 41.6 Å². The first-order chi connectivity index (χ1) is 8.72. The van der Waals surface area contributed by atoms with E-state index in [4.69, 9.17) is 4.74 Å². The Morgan fingerprint density at radius 1 is 1.33 bits per heavy atom. The van der Waals surface area contributed by atoms with E-state index in [-0.39, 0.29) is 0 Å². The van der Waals surface area contributed by atoms with E-state index in [2.05, 4.69) is 43.5 Å². The summed E-state index contributed by atoms with van der Waals surface area (Å²) in [5.74, 6) is 2.28. The molecular formula is C12H19BrN4O. The van der Waals surface area contributed by atoms with Crippen molar-refractivity contribution in [1.82, 2.24) is 9.97 Å². The van der Waals surface area contributed by atoms with Gasteiger partial charge in [0.15, 0.2) is 0 Å². The molecule has 1 unspecified atom stereocenters. The van der Waals surface area contributed by atoms with Crippen molar-refractivity contribution < 1.29 is 4.74 Å². The molecule has 18 heavy (non-hydrogen) atoms. The summed E-state index contributed by atoms with van der Waals surface area (Å²) in [5.41, 5.74) is 0. The van der Waals surface area contributed by atoms with E-state index in [9.17, 15) is 0 Å². The summed E-state index contributed by atoms with van der Waals surface area (Å²) in [4.78, 5) is 8.43. The smallest absolute Gasteiger partial charge is 0.146 e. The minimum atomic E-state index is 0.379. The number of rotatable bonds is 4. The summed E-state index contributed by atoms with van der Waals surface area (Å²) in [7, 11) is 1.85. The van der Waals surface area contributed by atoms with Gasteiger partial charge in [-0.2, -0.15) is 0 Å². The van der Waals surface area contributed by atoms with Crippen LogP contribution in [-0.4, -0.2) is 36.3 Å². The van der Waals surface area contributed by atoms with Crippen LogP contribution in [0.25, 0.3) is 0 Å². The standard InChI is InChI=1S/C12H19BrN4O/c1-8(9-3-5-18-6-4-9)17-12-10(13)11(14-2)15-7-16-12/h7-9H,3-6H2,1-2H3,(H2,14,15,16,17). The first-order valence-electron chi connectivity index (χ1n) is 6.25. The lowest BCUT2D eigenvalue weighted by Gasteiger charge is -2.29. The molecule has 0 bridgehead atoms. The fourth-order valence-electron chi connectivity index (χ4n) is 2.19. The van der Waals surface area contributed by atoms with Gasteiger partial charge < -0.3 is 15.4 Å². The first kappa shape index (κ1) is 13.5. The van der Waals surface area contributed by atoms with Gasteiger partial charge in [-0.25, -0.2) is 9.97 Å². The van der Waals surface area contributed by atoms with Gasteiger partial charge in [-0.1, -0.05) is 0 Å². The second kappa shape index (κ2) is 6.33. The highest BCUT2D eigenvalue weighted by molar-refractivity contribution is 9.10. The molecule has 0 radical (unpaired) electrons. The zero-order valence-electron chi connectivity index (χ0n) is 10.7. The molecule has 1 aromatic heterocycles. The van der Waals surface area contributed by atoms with Crippen LogP contribution in [0, 0.1) is 5.92 Å². The maximum Gasteiger partial charge on any atom is 0.146 e. The third kappa shape index (κ3) is 3.11. The number of hydrogen-bond acceptors (Lipinski definition) is 5. The summed E-state index contributed by atoms with van der Waals surface area (Å²) < 4.78 is 6.27. The van der Waals surface area contributed by atoms with Crippen LogP contribution in [0.15, 0.2) is 10.8 Å². The number of anilines is 2. The highest BCUT2D eigenvalue weighted by Crippen LogP contribution is 2.28. The Balaban J connectivity index is 2.04. The van der Waals surface area contributed by atoms with Gasteiger partial charge in [0.25, 0.3) is 0 Å². The van der Waals surface area contributed by atoms with Gasteiger partial charge in [0.05, 0.1) is 0 Å². The van der Waals surface area contributed by atoms with E-state index in [1.165, 1.54) is 0 Å². The Bertz CT molecular complexity index is 396. The largest absolute Gasteiger partial charge is 0.381 e. The lowest BCUT2D eigenvalue weighted by Crippen LogP contribution is -2.31. The number of hydrogen-bond donors (Lipinski definition) is 2. The molecule has 2 rings (SSSR count). The Hall–Kier alpha value is -0.880.